The minimum absolute atomic E-state index is 0.106. The van der Waals surface area contributed by atoms with Crippen molar-refractivity contribution in [1.82, 2.24) is 25.1 Å². The molecule has 0 aliphatic heterocycles. The Morgan fingerprint density at radius 2 is 1.79 bits per heavy atom. The van der Waals surface area contributed by atoms with Crippen LogP contribution in [0.15, 0.2) is 29.7 Å². The number of carbonyl (C=O) groups is 1. The highest BCUT2D eigenvalue weighted by molar-refractivity contribution is 7.99. The first kappa shape index (κ1) is 18.2. The van der Waals surface area contributed by atoms with Gasteiger partial charge in [0.05, 0.1) is 5.75 Å². The van der Waals surface area contributed by atoms with Crippen molar-refractivity contribution >= 4 is 17.7 Å². The first-order valence-corrected chi connectivity index (χ1v) is 11.3. The van der Waals surface area contributed by atoms with Gasteiger partial charge in [0.25, 0.3) is 0 Å². The summed E-state index contributed by atoms with van der Waals surface area (Å²) in [6.07, 6.45) is 11.8. The number of carbonyl (C=O) groups excluding carboxylic acids is 1. The van der Waals surface area contributed by atoms with Crippen molar-refractivity contribution in [2.75, 3.05) is 12.3 Å². The highest BCUT2D eigenvalue weighted by Crippen LogP contribution is 2.59. The van der Waals surface area contributed by atoms with Gasteiger partial charge in [0.2, 0.25) is 5.91 Å². The fourth-order valence-electron chi connectivity index (χ4n) is 6.17. The number of aromatic nitrogens is 4. The summed E-state index contributed by atoms with van der Waals surface area (Å²) >= 11 is 1.45. The Bertz CT molecular complexity index is 830. The van der Waals surface area contributed by atoms with Gasteiger partial charge in [-0.05, 0) is 73.8 Å². The van der Waals surface area contributed by atoms with Gasteiger partial charge in [0, 0.05) is 31.5 Å². The topological polar surface area (TPSA) is 72.7 Å². The van der Waals surface area contributed by atoms with Gasteiger partial charge in [-0.25, -0.2) is 0 Å². The molecular formula is C21H27N5OS. The van der Waals surface area contributed by atoms with Crippen LogP contribution in [0.5, 0.6) is 0 Å². The van der Waals surface area contributed by atoms with E-state index in [1.54, 1.807) is 12.4 Å². The van der Waals surface area contributed by atoms with E-state index in [9.17, 15) is 4.79 Å². The molecule has 28 heavy (non-hydrogen) atoms. The number of amides is 1. The summed E-state index contributed by atoms with van der Waals surface area (Å²) in [6, 6.07) is 3.83. The largest absolute Gasteiger partial charge is 0.355 e. The van der Waals surface area contributed by atoms with Crippen LogP contribution in [0.4, 0.5) is 0 Å². The van der Waals surface area contributed by atoms with Gasteiger partial charge in [0.15, 0.2) is 11.0 Å². The highest BCUT2D eigenvalue weighted by Gasteiger charge is 2.50. The molecule has 0 spiro atoms. The summed E-state index contributed by atoms with van der Waals surface area (Å²) in [7, 11) is 1.94. The second-order valence-electron chi connectivity index (χ2n) is 9.08. The van der Waals surface area contributed by atoms with E-state index in [1.807, 2.05) is 23.7 Å². The minimum atomic E-state index is 0.106. The average molecular weight is 398 g/mol. The summed E-state index contributed by atoms with van der Waals surface area (Å²) in [5, 5.41) is 12.5. The van der Waals surface area contributed by atoms with E-state index in [-0.39, 0.29) is 5.91 Å². The monoisotopic (exact) mass is 397 g/mol. The molecule has 7 heteroatoms. The summed E-state index contributed by atoms with van der Waals surface area (Å²) in [6.45, 7) is 0.858. The molecule has 4 fully saturated rings. The molecular weight excluding hydrogens is 370 g/mol. The van der Waals surface area contributed by atoms with Gasteiger partial charge in [0.1, 0.15) is 0 Å². The van der Waals surface area contributed by atoms with Crippen molar-refractivity contribution in [3.8, 4) is 11.4 Å². The van der Waals surface area contributed by atoms with Crippen LogP contribution in [0.2, 0.25) is 0 Å². The van der Waals surface area contributed by atoms with Crippen LogP contribution in [-0.2, 0) is 11.8 Å². The molecule has 2 aromatic heterocycles. The smallest absolute Gasteiger partial charge is 0.230 e. The van der Waals surface area contributed by atoms with Crippen LogP contribution in [0.1, 0.15) is 38.5 Å². The Morgan fingerprint density at radius 3 is 2.43 bits per heavy atom. The van der Waals surface area contributed by atoms with E-state index >= 15 is 0 Å². The number of nitrogens with one attached hydrogen (secondary N) is 1. The van der Waals surface area contributed by atoms with Gasteiger partial charge in [-0.1, -0.05) is 11.8 Å². The maximum atomic E-state index is 12.5. The van der Waals surface area contributed by atoms with Crippen LogP contribution in [0.3, 0.4) is 0 Å². The van der Waals surface area contributed by atoms with Crippen LogP contribution < -0.4 is 5.32 Å². The summed E-state index contributed by atoms with van der Waals surface area (Å²) < 4.78 is 1.94. The van der Waals surface area contributed by atoms with Crippen molar-refractivity contribution in [3.05, 3.63) is 24.5 Å². The maximum absolute atomic E-state index is 12.5. The zero-order chi connectivity index (χ0) is 19.1. The number of rotatable bonds is 6. The molecule has 4 saturated carbocycles. The van der Waals surface area contributed by atoms with E-state index in [1.165, 1.54) is 50.3 Å². The summed E-state index contributed by atoms with van der Waals surface area (Å²) in [5.74, 6) is 4.04. The molecule has 2 aromatic rings. The number of hydrogen-bond acceptors (Lipinski definition) is 5. The second-order valence-corrected chi connectivity index (χ2v) is 10.0. The maximum Gasteiger partial charge on any atom is 0.230 e. The van der Waals surface area contributed by atoms with Crippen LogP contribution >= 0.6 is 11.8 Å². The molecule has 2 heterocycles. The van der Waals surface area contributed by atoms with Crippen LogP contribution in [0, 0.1) is 23.2 Å². The predicted octanol–water partition coefficient (Wildman–Crippen LogP) is 3.30. The lowest BCUT2D eigenvalue weighted by Gasteiger charge is -2.56. The third-order valence-electron chi connectivity index (χ3n) is 6.93. The van der Waals surface area contributed by atoms with E-state index in [4.69, 9.17) is 0 Å². The average Bonchev–Trinajstić information content (AvgIpc) is 3.05. The summed E-state index contributed by atoms with van der Waals surface area (Å²) in [4.78, 5) is 16.5. The molecule has 148 valence electrons. The highest BCUT2D eigenvalue weighted by atomic mass is 32.2. The molecule has 6 rings (SSSR count). The SMILES string of the molecule is Cn1c(SCC(=O)NCC23CC4CC(CC(C4)C2)C3)nnc1-c1ccncc1. The number of nitrogens with zero attached hydrogens (tertiary/aromatic N) is 4. The molecule has 0 saturated heterocycles. The van der Waals surface area contributed by atoms with Gasteiger partial charge < -0.3 is 9.88 Å². The fourth-order valence-corrected chi connectivity index (χ4v) is 6.91. The number of pyridine rings is 1. The first-order chi connectivity index (χ1) is 13.6. The summed E-state index contributed by atoms with van der Waals surface area (Å²) in [5.41, 5.74) is 1.36. The van der Waals surface area contributed by atoms with Crippen molar-refractivity contribution in [2.45, 2.75) is 43.7 Å². The van der Waals surface area contributed by atoms with E-state index in [0.717, 1.165) is 40.8 Å². The zero-order valence-electron chi connectivity index (χ0n) is 16.3. The minimum Gasteiger partial charge on any atom is -0.355 e. The molecule has 0 atom stereocenters. The molecule has 1 amide bonds. The van der Waals surface area contributed by atoms with E-state index < -0.39 is 0 Å². The standard InChI is InChI=1S/C21H27N5OS/c1-26-19(17-2-4-22-5-3-17)24-25-20(26)28-12-18(27)23-13-21-9-14-6-15(10-21)8-16(7-14)11-21/h2-5,14-16H,6-13H2,1H3,(H,23,27). The molecule has 1 N–H and O–H groups in total. The van der Waals surface area contributed by atoms with E-state index in [0.29, 0.717) is 11.2 Å². The lowest BCUT2D eigenvalue weighted by molar-refractivity contribution is -0.120. The molecule has 0 radical (unpaired) electrons. The zero-order valence-corrected chi connectivity index (χ0v) is 17.1. The molecule has 6 nitrogen and oxygen atoms in total. The van der Waals surface area contributed by atoms with Crippen molar-refractivity contribution < 1.29 is 4.79 Å². The van der Waals surface area contributed by atoms with Gasteiger partial charge >= 0.3 is 0 Å². The van der Waals surface area contributed by atoms with Crippen molar-refractivity contribution in [2.24, 2.45) is 30.2 Å². The normalized spacial score (nSPS) is 30.5. The lowest BCUT2D eigenvalue weighted by atomic mass is 9.49. The molecule has 4 aliphatic rings. The van der Waals surface area contributed by atoms with Gasteiger partial charge in [-0.3, -0.25) is 9.78 Å². The Labute approximate surface area is 169 Å². The molecule has 0 aromatic carbocycles. The van der Waals surface area contributed by atoms with E-state index in [2.05, 4.69) is 20.5 Å². The lowest BCUT2D eigenvalue weighted by Crippen LogP contribution is -2.51. The Morgan fingerprint density at radius 1 is 1.14 bits per heavy atom. The number of thioether (sulfide) groups is 1. The Balaban J connectivity index is 1.16. The predicted molar refractivity (Wildman–Crippen MR) is 109 cm³/mol. The third-order valence-corrected chi connectivity index (χ3v) is 7.95. The molecule has 4 aliphatic carbocycles. The Kier molecular flexibility index (Phi) is 4.65. The molecule has 0 unspecified atom stereocenters. The number of hydrogen-bond donors (Lipinski definition) is 1. The second kappa shape index (κ2) is 7.17. The van der Waals surface area contributed by atoms with Crippen LogP contribution in [0.25, 0.3) is 11.4 Å². The Hall–Kier alpha value is -1.89. The first-order valence-electron chi connectivity index (χ1n) is 10.3. The van der Waals surface area contributed by atoms with Crippen LogP contribution in [-0.4, -0.2) is 38.0 Å². The van der Waals surface area contributed by atoms with Gasteiger partial charge in [-0.15, -0.1) is 10.2 Å². The van der Waals surface area contributed by atoms with Gasteiger partial charge in [-0.2, -0.15) is 0 Å². The third kappa shape index (κ3) is 3.45. The molecule has 4 bridgehead atoms. The quantitative estimate of drug-likeness (QED) is 0.757. The van der Waals surface area contributed by atoms with Crippen molar-refractivity contribution in [1.29, 1.82) is 0 Å². The van der Waals surface area contributed by atoms with Crippen molar-refractivity contribution in [3.63, 3.8) is 0 Å². The fraction of sp³-hybridized carbons (Fsp3) is 0.619.